The van der Waals surface area contributed by atoms with Gasteiger partial charge in [-0.15, -0.1) is 0 Å². The fourth-order valence-corrected chi connectivity index (χ4v) is 5.06. The number of benzene rings is 2. The van der Waals surface area contributed by atoms with E-state index in [1.807, 2.05) is 35.2 Å². The van der Waals surface area contributed by atoms with E-state index in [4.69, 9.17) is 5.11 Å². The van der Waals surface area contributed by atoms with Gasteiger partial charge in [-0.05, 0) is 42.8 Å². The summed E-state index contributed by atoms with van der Waals surface area (Å²) in [6, 6.07) is 8.62. The number of aliphatic carboxylic acids is 1. The molecule has 3 aliphatic rings. The van der Waals surface area contributed by atoms with Gasteiger partial charge in [0, 0.05) is 30.6 Å². The fourth-order valence-electron chi connectivity index (χ4n) is 5.06. The van der Waals surface area contributed by atoms with E-state index in [0.717, 1.165) is 16.5 Å². The molecule has 5 rings (SSSR count). The molecule has 3 aliphatic heterocycles. The zero-order chi connectivity index (χ0) is 22.6. The molecule has 3 N–H and O–H groups in total. The molecule has 3 heterocycles. The van der Waals surface area contributed by atoms with Gasteiger partial charge in [-0.25, -0.2) is 0 Å². The number of hydrogen-bond donors (Lipinski definition) is 3. The number of aliphatic hydroxyl groups is 1. The first-order valence-corrected chi connectivity index (χ1v) is 10.7. The van der Waals surface area contributed by atoms with Crippen LogP contribution in [0.15, 0.2) is 30.3 Å². The van der Waals surface area contributed by atoms with Crippen molar-refractivity contribution in [3.05, 3.63) is 35.9 Å². The molecule has 9 nitrogen and oxygen atoms in total. The van der Waals surface area contributed by atoms with E-state index in [-0.39, 0.29) is 31.1 Å². The summed E-state index contributed by atoms with van der Waals surface area (Å²) in [5.74, 6) is -2.09. The number of carboxylic acid groups (broad SMARTS) is 1. The van der Waals surface area contributed by atoms with E-state index < -0.39 is 23.5 Å². The van der Waals surface area contributed by atoms with E-state index >= 15 is 0 Å². The van der Waals surface area contributed by atoms with Gasteiger partial charge in [-0.3, -0.25) is 29.4 Å². The molecule has 9 heteroatoms. The van der Waals surface area contributed by atoms with Gasteiger partial charge in [0.05, 0.1) is 23.3 Å². The lowest BCUT2D eigenvalue weighted by molar-refractivity contribution is -0.143. The topological polar surface area (TPSA) is 127 Å². The van der Waals surface area contributed by atoms with Crippen LogP contribution in [0.5, 0.6) is 0 Å². The Labute approximate surface area is 183 Å². The average Bonchev–Trinajstić information content (AvgIpc) is 3.01. The second-order valence-electron chi connectivity index (χ2n) is 8.79. The standard InChI is InChI=1S/C23H23N3O6/c27-18-5-4-17(21(30)24-18)26-16-3-1-2-13-10-14(11-15(20(13)16)22(26)31)25-8-6-23(32,7-9-25)12-19(28)29/h1-3,10-11,17,32H,4-9,12H2,(H,28,29)(H,24,27,30). The quantitative estimate of drug-likeness (QED) is 0.617. The van der Waals surface area contributed by atoms with Crippen LogP contribution >= 0.6 is 0 Å². The molecule has 32 heavy (non-hydrogen) atoms. The summed E-state index contributed by atoms with van der Waals surface area (Å²) in [5.41, 5.74) is 0.768. The van der Waals surface area contributed by atoms with Crippen LogP contribution in [0.2, 0.25) is 0 Å². The van der Waals surface area contributed by atoms with E-state index in [1.165, 1.54) is 4.90 Å². The van der Waals surface area contributed by atoms with Crippen LogP contribution in [0.4, 0.5) is 11.4 Å². The second-order valence-corrected chi connectivity index (χ2v) is 8.79. The predicted octanol–water partition coefficient (Wildman–Crippen LogP) is 1.41. The van der Waals surface area contributed by atoms with Gasteiger partial charge in [-0.2, -0.15) is 0 Å². The van der Waals surface area contributed by atoms with Crippen molar-refractivity contribution in [3.63, 3.8) is 0 Å². The smallest absolute Gasteiger partial charge is 0.306 e. The van der Waals surface area contributed by atoms with E-state index in [1.54, 1.807) is 0 Å². The van der Waals surface area contributed by atoms with Crippen molar-refractivity contribution in [3.8, 4) is 0 Å². The maximum atomic E-state index is 13.4. The first kappa shape index (κ1) is 20.4. The van der Waals surface area contributed by atoms with Crippen LogP contribution in [-0.4, -0.2) is 58.6 Å². The minimum atomic E-state index is -1.22. The van der Waals surface area contributed by atoms with Crippen LogP contribution in [0.25, 0.3) is 10.8 Å². The first-order chi connectivity index (χ1) is 15.3. The zero-order valence-electron chi connectivity index (χ0n) is 17.3. The lowest BCUT2D eigenvalue weighted by atomic mass is 9.88. The summed E-state index contributed by atoms with van der Waals surface area (Å²) in [7, 11) is 0. The van der Waals surface area contributed by atoms with Gasteiger partial charge in [-0.1, -0.05) is 12.1 Å². The van der Waals surface area contributed by atoms with Crippen molar-refractivity contribution in [1.29, 1.82) is 0 Å². The number of rotatable bonds is 4. The van der Waals surface area contributed by atoms with Crippen LogP contribution in [0.1, 0.15) is 42.5 Å². The molecule has 2 saturated heterocycles. The Kier molecular flexibility index (Phi) is 4.67. The number of piperidine rings is 2. The third kappa shape index (κ3) is 3.29. The van der Waals surface area contributed by atoms with E-state index in [0.29, 0.717) is 37.2 Å². The highest BCUT2D eigenvalue weighted by Gasteiger charge is 2.41. The number of nitrogens with one attached hydrogen (secondary N) is 1. The van der Waals surface area contributed by atoms with E-state index in [9.17, 15) is 24.3 Å². The molecule has 2 aromatic carbocycles. The number of nitrogens with zero attached hydrogens (tertiary/aromatic N) is 2. The second kappa shape index (κ2) is 7.30. The van der Waals surface area contributed by atoms with Crippen molar-refractivity contribution in [2.75, 3.05) is 22.9 Å². The molecular formula is C23H23N3O6. The summed E-state index contributed by atoms with van der Waals surface area (Å²) in [5, 5.41) is 23.5. The molecule has 3 amide bonds. The minimum absolute atomic E-state index is 0.185. The third-order valence-electron chi connectivity index (χ3n) is 6.71. The van der Waals surface area contributed by atoms with Crippen molar-refractivity contribution in [1.82, 2.24) is 5.32 Å². The van der Waals surface area contributed by atoms with Crippen molar-refractivity contribution < 1.29 is 29.4 Å². The minimum Gasteiger partial charge on any atom is -0.481 e. The average molecular weight is 437 g/mol. The Morgan fingerprint density at radius 1 is 1.16 bits per heavy atom. The number of imide groups is 1. The molecule has 0 saturated carbocycles. The van der Waals surface area contributed by atoms with Crippen molar-refractivity contribution in [2.45, 2.75) is 43.7 Å². The highest BCUT2D eigenvalue weighted by atomic mass is 16.4. The molecule has 166 valence electrons. The number of amides is 3. The first-order valence-electron chi connectivity index (χ1n) is 10.7. The normalized spacial score (nSPS) is 22.4. The number of hydrogen-bond acceptors (Lipinski definition) is 6. The molecular weight excluding hydrogens is 414 g/mol. The van der Waals surface area contributed by atoms with Crippen LogP contribution in [-0.2, 0) is 14.4 Å². The summed E-state index contributed by atoms with van der Waals surface area (Å²) >= 11 is 0. The summed E-state index contributed by atoms with van der Waals surface area (Å²) in [6.45, 7) is 0.943. The van der Waals surface area contributed by atoms with E-state index in [2.05, 4.69) is 5.32 Å². The SMILES string of the molecule is O=C(O)CC1(O)CCN(c2cc3c4c(cccc4c2)N(C2CCC(=O)NC2=O)C3=O)CC1. The van der Waals surface area contributed by atoms with Crippen LogP contribution < -0.4 is 15.1 Å². The maximum absolute atomic E-state index is 13.4. The molecule has 2 fully saturated rings. The molecule has 1 atom stereocenters. The molecule has 1 unspecified atom stereocenters. The Morgan fingerprint density at radius 3 is 2.59 bits per heavy atom. The van der Waals surface area contributed by atoms with Crippen molar-refractivity contribution >= 4 is 45.8 Å². The predicted molar refractivity (Wildman–Crippen MR) is 116 cm³/mol. The molecule has 0 aliphatic carbocycles. The van der Waals surface area contributed by atoms with Gasteiger partial charge in [0.25, 0.3) is 5.91 Å². The molecule has 0 spiro atoms. The number of carboxylic acids is 1. The maximum Gasteiger partial charge on any atom is 0.306 e. The number of anilines is 2. The Hall–Kier alpha value is -3.46. The van der Waals surface area contributed by atoms with Gasteiger partial charge in [0.15, 0.2) is 0 Å². The van der Waals surface area contributed by atoms with Crippen LogP contribution in [0, 0.1) is 0 Å². The largest absolute Gasteiger partial charge is 0.481 e. The molecule has 0 radical (unpaired) electrons. The van der Waals surface area contributed by atoms with Gasteiger partial charge >= 0.3 is 5.97 Å². The lowest BCUT2D eigenvalue weighted by Crippen LogP contribution is -2.53. The Morgan fingerprint density at radius 2 is 1.91 bits per heavy atom. The molecule has 0 bridgehead atoms. The lowest BCUT2D eigenvalue weighted by Gasteiger charge is -2.38. The highest BCUT2D eigenvalue weighted by molar-refractivity contribution is 6.27. The Bertz CT molecular complexity index is 1170. The van der Waals surface area contributed by atoms with Gasteiger partial charge in [0.2, 0.25) is 11.8 Å². The summed E-state index contributed by atoms with van der Waals surface area (Å²) < 4.78 is 0. The number of carbonyl (C=O) groups is 4. The van der Waals surface area contributed by atoms with Crippen LogP contribution in [0.3, 0.4) is 0 Å². The van der Waals surface area contributed by atoms with Crippen molar-refractivity contribution in [2.24, 2.45) is 0 Å². The zero-order valence-corrected chi connectivity index (χ0v) is 17.3. The van der Waals surface area contributed by atoms with Gasteiger partial charge < -0.3 is 15.1 Å². The Balaban J connectivity index is 1.46. The molecule has 0 aromatic heterocycles. The summed E-state index contributed by atoms with van der Waals surface area (Å²) in [6.07, 6.45) is 0.825. The monoisotopic (exact) mass is 437 g/mol. The number of carbonyl (C=O) groups excluding carboxylic acids is 3. The van der Waals surface area contributed by atoms with Gasteiger partial charge in [0.1, 0.15) is 6.04 Å². The summed E-state index contributed by atoms with van der Waals surface area (Å²) in [4.78, 5) is 52.0. The fraction of sp³-hybridized carbons (Fsp3) is 0.391. The molecule has 2 aromatic rings. The highest BCUT2D eigenvalue weighted by Crippen LogP contribution is 2.42. The third-order valence-corrected chi connectivity index (χ3v) is 6.71.